The second kappa shape index (κ2) is 6.21. The van der Waals surface area contributed by atoms with E-state index >= 15 is 0 Å². The normalized spacial score (nSPS) is 20.3. The molecule has 1 aliphatic rings. The Morgan fingerprint density at radius 2 is 2.29 bits per heavy atom. The average molecular weight is 308 g/mol. The molecule has 1 atom stereocenters. The van der Waals surface area contributed by atoms with Crippen LogP contribution >= 0.6 is 11.3 Å². The van der Waals surface area contributed by atoms with E-state index in [-0.39, 0.29) is 12.0 Å². The van der Waals surface area contributed by atoms with Crippen molar-refractivity contribution in [2.45, 2.75) is 39.3 Å². The summed E-state index contributed by atoms with van der Waals surface area (Å²) in [7, 11) is 0. The van der Waals surface area contributed by atoms with Gasteiger partial charge >= 0.3 is 0 Å². The van der Waals surface area contributed by atoms with Crippen LogP contribution in [0.5, 0.6) is 0 Å². The molecule has 7 heteroatoms. The third-order valence-corrected chi connectivity index (χ3v) is 4.46. The van der Waals surface area contributed by atoms with Gasteiger partial charge in [0.15, 0.2) is 5.82 Å². The molecule has 3 rings (SSSR count). The van der Waals surface area contributed by atoms with Crippen LogP contribution < -0.4 is 0 Å². The van der Waals surface area contributed by atoms with Crippen LogP contribution in [-0.4, -0.2) is 39.7 Å². The standard InChI is InChI=1S/C14H20N4O2S/c1-9(2)13-16-12(17-20-13)7-18-4-5-19-11(6-18)14-15-10(3)8-21-14/h8-9,11H,4-7H2,1-3H3/t11-/m1/s1. The fourth-order valence-corrected chi connectivity index (χ4v) is 3.12. The first-order valence-corrected chi connectivity index (χ1v) is 8.08. The zero-order valence-electron chi connectivity index (χ0n) is 12.6. The van der Waals surface area contributed by atoms with Crippen LogP contribution in [0.15, 0.2) is 9.90 Å². The zero-order chi connectivity index (χ0) is 14.8. The number of rotatable bonds is 4. The lowest BCUT2D eigenvalue weighted by atomic mass is 10.2. The third-order valence-electron chi connectivity index (χ3n) is 3.41. The van der Waals surface area contributed by atoms with Crippen molar-refractivity contribution in [1.82, 2.24) is 20.0 Å². The Labute approximate surface area is 128 Å². The van der Waals surface area contributed by atoms with Crippen LogP contribution in [0.1, 0.15) is 48.3 Å². The van der Waals surface area contributed by atoms with Crippen molar-refractivity contribution in [3.8, 4) is 0 Å². The van der Waals surface area contributed by atoms with E-state index in [2.05, 4.69) is 25.4 Å². The van der Waals surface area contributed by atoms with Crippen molar-refractivity contribution in [2.24, 2.45) is 0 Å². The van der Waals surface area contributed by atoms with Gasteiger partial charge in [-0.2, -0.15) is 4.98 Å². The summed E-state index contributed by atoms with van der Waals surface area (Å²) in [4.78, 5) is 11.2. The molecular weight excluding hydrogens is 288 g/mol. The van der Waals surface area contributed by atoms with Gasteiger partial charge in [0, 0.05) is 30.1 Å². The predicted molar refractivity (Wildman–Crippen MR) is 79.2 cm³/mol. The first-order valence-electron chi connectivity index (χ1n) is 7.20. The van der Waals surface area contributed by atoms with E-state index in [1.807, 2.05) is 20.8 Å². The minimum atomic E-state index is 0.0499. The fourth-order valence-electron chi connectivity index (χ4n) is 2.28. The summed E-state index contributed by atoms with van der Waals surface area (Å²) in [6.45, 7) is 9.20. The molecule has 0 aliphatic carbocycles. The lowest BCUT2D eigenvalue weighted by Gasteiger charge is -2.30. The highest BCUT2D eigenvalue weighted by atomic mass is 32.1. The van der Waals surface area contributed by atoms with Crippen LogP contribution in [0.3, 0.4) is 0 Å². The van der Waals surface area contributed by atoms with Crippen LogP contribution in [0.2, 0.25) is 0 Å². The molecule has 6 nitrogen and oxygen atoms in total. The number of hydrogen-bond acceptors (Lipinski definition) is 7. The van der Waals surface area contributed by atoms with E-state index in [0.29, 0.717) is 19.0 Å². The van der Waals surface area contributed by atoms with Gasteiger partial charge in [0.05, 0.1) is 13.2 Å². The first-order chi connectivity index (χ1) is 10.1. The highest BCUT2D eigenvalue weighted by Crippen LogP contribution is 2.25. The number of aryl methyl sites for hydroxylation is 1. The summed E-state index contributed by atoms with van der Waals surface area (Å²) in [5, 5.41) is 7.16. The Kier molecular flexibility index (Phi) is 4.32. The monoisotopic (exact) mass is 308 g/mol. The molecule has 3 heterocycles. The summed E-state index contributed by atoms with van der Waals surface area (Å²) in [6.07, 6.45) is 0.0499. The van der Waals surface area contributed by atoms with Crippen molar-refractivity contribution < 1.29 is 9.26 Å². The van der Waals surface area contributed by atoms with Gasteiger partial charge in [-0.3, -0.25) is 4.90 Å². The van der Waals surface area contributed by atoms with Crippen LogP contribution in [0, 0.1) is 6.92 Å². The highest BCUT2D eigenvalue weighted by Gasteiger charge is 2.25. The van der Waals surface area contributed by atoms with Crippen molar-refractivity contribution >= 4 is 11.3 Å². The molecule has 1 fully saturated rings. The molecule has 0 spiro atoms. The van der Waals surface area contributed by atoms with E-state index in [1.54, 1.807) is 11.3 Å². The molecular formula is C14H20N4O2S. The number of nitrogens with zero attached hydrogens (tertiary/aromatic N) is 4. The van der Waals surface area contributed by atoms with Gasteiger partial charge in [0.1, 0.15) is 11.1 Å². The Hall–Kier alpha value is -1.31. The Balaban J connectivity index is 1.63. The number of hydrogen-bond donors (Lipinski definition) is 0. The smallest absolute Gasteiger partial charge is 0.229 e. The summed E-state index contributed by atoms with van der Waals surface area (Å²) in [5.41, 5.74) is 1.05. The van der Waals surface area contributed by atoms with Crippen molar-refractivity contribution in [2.75, 3.05) is 19.7 Å². The van der Waals surface area contributed by atoms with Gasteiger partial charge in [-0.1, -0.05) is 19.0 Å². The van der Waals surface area contributed by atoms with E-state index in [9.17, 15) is 0 Å². The van der Waals surface area contributed by atoms with Gasteiger partial charge in [0.2, 0.25) is 5.89 Å². The second-order valence-corrected chi connectivity index (χ2v) is 6.51. The molecule has 0 radical (unpaired) electrons. The second-order valence-electron chi connectivity index (χ2n) is 5.63. The zero-order valence-corrected chi connectivity index (χ0v) is 13.4. The lowest BCUT2D eigenvalue weighted by molar-refractivity contribution is -0.0339. The Morgan fingerprint density at radius 1 is 1.43 bits per heavy atom. The molecule has 2 aromatic heterocycles. The van der Waals surface area contributed by atoms with Crippen LogP contribution in [0.25, 0.3) is 0 Å². The van der Waals surface area contributed by atoms with E-state index in [1.165, 1.54) is 0 Å². The molecule has 114 valence electrons. The highest BCUT2D eigenvalue weighted by molar-refractivity contribution is 7.09. The predicted octanol–water partition coefficient (Wildman–Crippen LogP) is 2.53. The van der Waals surface area contributed by atoms with E-state index in [0.717, 1.165) is 29.6 Å². The third kappa shape index (κ3) is 3.48. The lowest BCUT2D eigenvalue weighted by Crippen LogP contribution is -2.38. The molecule has 0 unspecified atom stereocenters. The maximum absolute atomic E-state index is 5.83. The van der Waals surface area contributed by atoms with Crippen molar-refractivity contribution in [1.29, 1.82) is 0 Å². The van der Waals surface area contributed by atoms with E-state index < -0.39 is 0 Å². The largest absolute Gasteiger partial charge is 0.368 e. The SMILES string of the molecule is Cc1csc([C@H]2CN(Cc3noc(C(C)C)n3)CCO2)n1. The van der Waals surface area contributed by atoms with Crippen LogP contribution in [0.4, 0.5) is 0 Å². The number of thiazole rings is 1. The quantitative estimate of drug-likeness (QED) is 0.865. The number of morpholine rings is 1. The van der Waals surface area contributed by atoms with Gasteiger partial charge in [-0.15, -0.1) is 11.3 Å². The molecule has 2 aromatic rings. The Bertz CT molecular complexity index is 595. The molecule has 0 amide bonds. The molecule has 0 saturated carbocycles. The number of ether oxygens (including phenoxy) is 1. The molecule has 0 bridgehead atoms. The summed E-state index contributed by atoms with van der Waals surface area (Å²) < 4.78 is 11.1. The Morgan fingerprint density at radius 3 is 2.95 bits per heavy atom. The minimum absolute atomic E-state index is 0.0499. The maximum Gasteiger partial charge on any atom is 0.229 e. The van der Waals surface area contributed by atoms with E-state index in [4.69, 9.17) is 9.26 Å². The topological polar surface area (TPSA) is 64.3 Å². The van der Waals surface area contributed by atoms with Gasteiger partial charge in [-0.25, -0.2) is 4.98 Å². The van der Waals surface area contributed by atoms with Crippen molar-refractivity contribution in [3.63, 3.8) is 0 Å². The number of aromatic nitrogens is 3. The average Bonchev–Trinajstić information content (AvgIpc) is 3.08. The molecule has 0 N–H and O–H groups in total. The van der Waals surface area contributed by atoms with Gasteiger partial charge < -0.3 is 9.26 Å². The maximum atomic E-state index is 5.83. The van der Waals surface area contributed by atoms with Crippen LogP contribution in [-0.2, 0) is 11.3 Å². The minimum Gasteiger partial charge on any atom is -0.368 e. The van der Waals surface area contributed by atoms with Gasteiger partial charge in [0.25, 0.3) is 0 Å². The summed E-state index contributed by atoms with van der Waals surface area (Å²) in [5.74, 6) is 1.71. The molecule has 0 aromatic carbocycles. The van der Waals surface area contributed by atoms with Crippen molar-refractivity contribution in [3.05, 3.63) is 27.8 Å². The first kappa shape index (κ1) is 14.6. The molecule has 21 heavy (non-hydrogen) atoms. The van der Waals surface area contributed by atoms with Gasteiger partial charge in [-0.05, 0) is 6.92 Å². The summed E-state index contributed by atoms with van der Waals surface area (Å²) in [6, 6.07) is 0. The molecule has 1 saturated heterocycles. The summed E-state index contributed by atoms with van der Waals surface area (Å²) >= 11 is 1.66. The molecule has 1 aliphatic heterocycles. The fraction of sp³-hybridized carbons (Fsp3) is 0.643.